The van der Waals surface area contributed by atoms with E-state index in [0.717, 1.165) is 35.5 Å². The minimum absolute atomic E-state index is 0.135. The molecule has 2 fully saturated rings. The largest absolute Gasteiger partial charge is 0.496 e. The zero-order valence-electron chi connectivity index (χ0n) is 17.4. The number of ether oxygens (including phenoxy) is 2. The number of aryl methyl sites for hydroxylation is 1. The Morgan fingerprint density at radius 1 is 1.13 bits per heavy atom. The first-order valence-corrected chi connectivity index (χ1v) is 10.4. The molecular weight excluding hydrogens is 380 g/mol. The van der Waals surface area contributed by atoms with E-state index >= 15 is 0 Å². The first-order valence-electron chi connectivity index (χ1n) is 10.4. The number of piperidine rings is 1. The van der Waals surface area contributed by atoms with Crippen molar-refractivity contribution in [2.75, 3.05) is 26.8 Å². The van der Waals surface area contributed by atoms with E-state index in [2.05, 4.69) is 10.6 Å². The maximum atomic E-state index is 12.6. The Morgan fingerprint density at radius 2 is 1.87 bits per heavy atom. The molecule has 1 amide bonds. The molecule has 3 atom stereocenters. The summed E-state index contributed by atoms with van der Waals surface area (Å²) in [5, 5.41) is 6.27. The third kappa shape index (κ3) is 4.49. The standard InChI is InChI=1S/C24H28N2O4/c1-15-8-9-21(29-2)18(10-15)17(16-6-4-3-5-7-16)11-23(28)30-14-22(27)26-24-19-12-25-13-20(19)24/h3-10,17,19-20,24-25H,11-14H2,1-2H3,(H,26,27). The fourth-order valence-corrected chi connectivity index (χ4v) is 4.45. The number of fused-ring (bicyclic) bond motifs is 1. The van der Waals surface area contributed by atoms with E-state index in [-0.39, 0.29) is 30.9 Å². The van der Waals surface area contributed by atoms with Crippen molar-refractivity contribution in [3.05, 3.63) is 65.2 Å². The Bertz CT molecular complexity index is 905. The lowest BCUT2D eigenvalue weighted by molar-refractivity contribution is -0.148. The van der Waals surface area contributed by atoms with Crippen LogP contribution in [-0.4, -0.2) is 44.7 Å². The molecule has 4 rings (SSSR count). The molecule has 2 aromatic rings. The van der Waals surface area contributed by atoms with Crippen LogP contribution in [-0.2, 0) is 14.3 Å². The highest BCUT2D eigenvalue weighted by molar-refractivity contribution is 5.81. The second kappa shape index (κ2) is 8.88. The van der Waals surface area contributed by atoms with Gasteiger partial charge in [-0.05, 0) is 30.4 Å². The van der Waals surface area contributed by atoms with Crippen LogP contribution in [0.4, 0.5) is 0 Å². The van der Waals surface area contributed by atoms with Gasteiger partial charge in [0.25, 0.3) is 5.91 Å². The summed E-state index contributed by atoms with van der Waals surface area (Å²) in [7, 11) is 1.63. The van der Waals surface area contributed by atoms with Crippen molar-refractivity contribution < 1.29 is 19.1 Å². The normalized spacial score (nSPS) is 22.7. The van der Waals surface area contributed by atoms with E-state index in [1.807, 2.05) is 55.5 Å². The Hall–Kier alpha value is -2.86. The minimum Gasteiger partial charge on any atom is -0.496 e. The average Bonchev–Trinajstić information content (AvgIpc) is 3.17. The van der Waals surface area contributed by atoms with Crippen molar-refractivity contribution >= 4 is 11.9 Å². The number of benzene rings is 2. The van der Waals surface area contributed by atoms with Gasteiger partial charge in [0, 0.05) is 30.6 Å². The highest BCUT2D eigenvalue weighted by Crippen LogP contribution is 2.41. The van der Waals surface area contributed by atoms with Gasteiger partial charge in [0.2, 0.25) is 0 Å². The summed E-state index contributed by atoms with van der Waals surface area (Å²) < 4.78 is 10.9. The number of hydrogen-bond acceptors (Lipinski definition) is 5. The molecule has 2 aliphatic rings. The van der Waals surface area contributed by atoms with Gasteiger partial charge in [-0.15, -0.1) is 0 Å². The maximum absolute atomic E-state index is 12.6. The molecule has 0 aromatic heterocycles. The van der Waals surface area contributed by atoms with Crippen molar-refractivity contribution in [2.24, 2.45) is 11.8 Å². The van der Waals surface area contributed by atoms with E-state index in [1.54, 1.807) is 7.11 Å². The fraction of sp³-hybridized carbons (Fsp3) is 0.417. The van der Waals surface area contributed by atoms with E-state index < -0.39 is 5.97 Å². The first kappa shape index (κ1) is 20.4. The number of esters is 1. The highest BCUT2D eigenvalue weighted by atomic mass is 16.5. The molecule has 1 heterocycles. The monoisotopic (exact) mass is 408 g/mol. The van der Waals surface area contributed by atoms with Gasteiger partial charge >= 0.3 is 5.97 Å². The minimum atomic E-state index is -0.403. The Morgan fingerprint density at radius 3 is 2.57 bits per heavy atom. The number of nitrogens with one attached hydrogen (secondary N) is 2. The quantitative estimate of drug-likeness (QED) is 0.656. The van der Waals surface area contributed by atoms with Gasteiger partial charge in [-0.25, -0.2) is 0 Å². The van der Waals surface area contributed by atoms with Crippen molar-refractivity contribution in [1.82, 2.24) is 10.6 Å². The molecule has 2 aromatic carbocycles. The molecule has 6 nitrogen and oxygen atoms in total. The van der Waals surface area contributed by atoms with E-state index in [9.17, 15) is 9.59 Å². The summed E-state index contributed by atoms with van der Waals surface area (Å²) in [6, 6.07) is 16.0. The van der Waals surface area contributed by atoms with Gasteiger partial charge in [0.15, 0.2) is 6.61 Å². The Balaban J connectivity index is 1.41. The molecule has 1 aliphatic heterocycles. The SMILES string of the molecule is COc1ccc(C)cc1C(CC(=O)OCC(=O)NC1C2CNCC21)c1ccccc1. The predicted octanol–water partition coefficient (Wildman–Crippen LogP) is 2.40. The van der Waals surface area contributed by atoms with Crippen molar-refractivity contribution in [2.45, 2.75) is 25.3 Å². The molecule has 0 spiro atoms. The molecule has 1 saturated carbocycles. The third-order valence-electron chi connectivity index (χ3n) is 6.12. The summed E-state index contributed by atoms with van der Waals surface area (Å²) in [4.78, 5) is 24.8. The number of methoxy groups -OCH3 is 1. The molecule has 30 heavy (non-hydrogen) atoms. The average molecular weight is 408 g/mol. The smallest absolute Gasteiger partial charge is 0.307 e. The molecule has 0 bridgehead atoms. The summed E-state index contributed by atoms with van der Waals surface area (Å²) in [5.74, 6) is 0.938. The van der Waals surface area contributed by atoms with Crippen LogP contribution in [0.15, 0.2) is 48.5 Å². The predicted molar refractivity (Wildman–Crippen MR) is 113 cm³/mol. The lowest BCUT2D eigenvalue weighted by atomic mass is 9.87. The van der Waals surface area contributed by atoms with Crippen molar-refractivity contribution in [3.63, 3.8) is 0 Å². The van der Waals surface area contributed by atoms with Crippen LogP contribution < -0.4 is 15.4 Å². The molecular formula is C24H28N2O4. The molecule has 1 aliphatic carbocycles. The number of rotatable bonds is 8. The first-order chi connectivity index (χ1) is 14.6. The second-order valence-electron chi connectivity index (χ2n) is 8.15. The number of carbonyl (C=O) groups is 2. The topological polar surface area (TPSA) is 76.7 Å². The van der Waals surface area contributed by atoms with Crippen LogP contribution >= 0.6 is 0 Å². The number of amides is 1. The van der Waals surface area contributed by atoms with Crippen LogP contribution in [0, 0.1) is 18.8 Å². The van der Waals surface area contributed by atoms with Gasteiger partial charge in [-0.3, -0.25) is 9.59 Å². The zero-order valence-corrected chi connectivity index (χ0v) is 17.4. The van der Waals surface area contributed by atoms with Gasteiger partial charge in [0.1, 0.15) is 5.75 Å². The van der Waals surface area contributed by atoms with Crippen molar-refractivity contribution in [3.8, 4) is 5.75 Å². The van der Waals surface area contributed by atoms with Crippen LogP contribution in [0.3, 0.4) is 0 Å². The summed E-state index contributed by atoms with van der Waals surface area (Å²) in [5.41, 5.74) is 3.02. The van der Waals surface area contributed by atoms with Gasteiger partial charge in [-0.1, -0.05) is 48.0 Å². The Kier molecular flexibility index (Phi) is 6.04. The molecule has 2 N–H and O–H groups in total. The van der Waals surface area contributed by atoms with Gasteiger partial charge < -0.3 is 20.1 Å². The summed E-state index contributed by atoms with van der Waals surface area (Å²) in [6.45, 7) is 3.67. The highest BCUT2D eigenvalue weighted by Gasteiger charge is 2.53. The van der Waals surface area contributed by atoms with E-state index in [0.29, 0.717) is 11.8 Å². The third-order valence-corrected chi connectivity index (χ3v) is 6.12. The lowest BCUT2D eigenvalue weighted by Gasteiger charge is -2.20. The van der Waals surface area contributed by atoms with Crippen LogP contribution in [0.5, 0.6) is 5.75 Å². The molecule has 6 heteroatoms. The molecule has 1 saturated heterocycles. The van der Waals surface area contributed by atoms with Crippen LogP contribution in [0.25, 0.3) is 0 Å². The van der Waals surface area contributed by atoms with E-state index in [4.69, 9.17) is 9.47 Å². The van der Waals surface area contributed by atoms with Gasteiger partial charge in [0.05, 0.1) is 13.5 Å². The maximum Gasteiger partial charge on any atom is 0.307 e. The van der Waals surface area contributed by atoms with Gasteiger partial charge in [-0.2, -0.15) is 0 Å². The Labute approximate surface area is 177 Å². The van der Waals surface area contributed by atoms with Crippen molar-refractivity contribution in [1.29, 1.82) is 0 Å². The molecule has 0 radical (unpaired) electrons. The van der Waals surface area contributed by atoms with Crippen LogP contribution in [0.1, 0.15) is 29.0 Å². The lowest BCUT2D eigenvalue weighted by Crippen LogP contribution is -2.35. The summed E-state index contributed by atoms with van der Waals surface area (Å²) in [6.07, 6.45) is 0.135. The number of hydrogen-bond donors (Lipinski definition) is 2. The zero-order chi connectivity index (χ0) is 21.1. The summed E-state index contributed by atoms with van der Waals surface area (Å²) >= 11 is 0. The molecule has 3 unspecified atom stereocenters. The fourth-order valence-electron chi connectivity index (χ4n) is 4.45. The van der Waals surface area contributed by atoms with E-state index in [1.165, 1.54) is 0 Å². The van der Waals surface area contributed by atoms with Crippen LogP contribution in [0.2, 0.25) is 0 Å². The molecule has 158 valence electrons. The second-order valence-corrected chi connectivity index (χ2v) is 8.15. The number of carbonyl (C=O) groups excluding carboxylic acids is 2.